The van der Waals surface area contributed by atoms with Gasteiger partial charge in [0.05, 0.1) is 22.4 Å². The molecule has 0 spiro atoms. The Hall–Kier alpha value is -3.38. The van der Waals surface area contributed by atoms with Gasteiger partial charge in [0.15, 0.2) is 10.3 Å². The Morgan fingerprint density at radius 2 is 1.70 bits per heavy atom. The van der Waals surface area contributed by atoms with Crippen molar-refractivity contribution in [1.29, 1.82) is 21.6 Å². The fourth-order valence-corrected chi connectivity index (χ4v) is 5.51. The molecule has 2 heterocycles. The predicted molar refractivity (Wildman–Crippen MR) is 148 cm³/mol. The van der Waals surface area contributed by atoms with Crippen molar-refractivity contribution in [1.82, 2.24) is 20.6 Å². The van der Waals surface area contributed by atoms with Crippen LogP contribution in [-0.4, -0.2) is 42.2 Å². The number of amides is 2. The van der Waals surface area contributed by atoms with E-state index in [0.717, 1.165) is 47.5 Å². The van der Waals surface area contributed by atoms with Crippen LogP contribution in [0.2, 0.25) is 0 Å². The van der Waals surface area contributed by atoms with Crippen LogP contribution in [0.5, 0.6) is 0 Å². The third-order valence-electron chi connectivity index (χ3n) is 5.98. The maximum Gasteiger partial charge on any atom is 0.233 e. The molecule has 2 aromatic heterocycles. The van der Waals surface area contributed by atoms with E-state index < -0.39 is 5.92 Å². The summed E-state index contributed by atoms with van der Waals surface area (Å²) in [7, 11) is 0. The van der Waals surface area contributed by atoms with Crippen LogP contribution in [0.1, 0.15) is 49.7 Å². The van der Waals surface area contributed by atoms with Crippen LogP contribution in [0.25, 0.3) is 0 Å². The lowest BCUT2D eigenvalue weighted by Gasteiger charge is -2.15. The van der Waals surface area contributed by atoms with E-state index in [2.05, 4.69) is 20.6 Å². The second-order valence-electron chi connectivity index (χ2n) is 8.81. The summed E-state index contributed by atoms with van der Waals surface area (Å²) >= 11 is 1.88. The van der Waals surface area contributed by atoms with Crippen molar-refractivity contribution < 1.29 is 9.59 Å². The first kappa shape index (κ1) is 28.2. The standard InChI is InChI=1S/C25H30N8O2S2/c1-15(19-5-3-9-31-14-19)23(35)33-25(29)37-22(27)18-7-6-16(10-18)11-20(26)36-24(28)32-21(34)12-17-4-2-8-30-13-17/h2-5,8-9,13-16,18,26-27H,6-7,10-12H2,1H3,(H2,28,32,34)(H2,29,33,35). The van der Waals surface area contributed by atoms with E-state index in [0.29, 0.717) is 22.9 Å². The van der Waals surface area contributed by atoms with E-state index in [1.807, 2.05) is 6.07 Å². The molecule has 194 valence electrons. The molecule has 3 unspecified atom stereocenters. The Labute approximate surface area is 224 Å². The number of hydrogen-bond acceptors (Lipinski definition) is 10. The number of carbonyl (C=O) groups is 2. The van der Waals surface area contributed by atoms with Gasteiger partial charge >= 0.3 is 0 Å². The van der Waals surface area contributed by atoms with E-state index in [-0.39, 0.29) is 40.4 Å². The first-order valence-electron chi connectivity index (χ1n) is 11.8. The normalized spacial score (nSPS) is 17.4. The highest BCUT2D eigenvalue weighted by Gasteiger charge is 2.30. The monoisotopic (exact) mass is 538 g/mol. The van der Waals surface area contributed by atoms with Gasteiger partial charge in [-0.25, -0.2) is 0 Å². The first-order chi connectivity index (χ1) is 17.7. The maximum atomic E-state index is 12.4. The molecule has 3 rings (SSSR count). The molecule has 1 aliphatic rings. The van der Waals surface area contributed by atoms with Crippen molar-refractivity contribution in [2.75, 3.05) is 0 Å². The van der Waals surface area contributed by atoms with Gasteiger partial charge in [-0.3, -0.25) is 41.2 Å². The minimum Gasteiger partial charge on any atom is -0.305 e. The Morgan fingerprint density at radius 3 is 2.38 bits per heavy atom. The van der Waals surface area contributed by atoms with Gasteiger partial charge in [-0.1, -0.05) is 12.1 Å². The molecule has 1 fully saturated rings. The van der Waals surface area contributed by atoms with Crippen molar-refractivity contribution in [2.45, 2.75) is 44.9 Å². The topological polar surface area (TPSA) is 179 Å². The van der Waals surface area contributed by atoms with Crippen LogP contribution in [0, 0.1) is 33.5 Å². The number of amidine groups is 2. The zero-order valence-corrected chi connectivity index (χ0v) is 22.0. The van der Waals surface area contributed by atoms with Gasteiger partial charge in [0.2, 0.25) is 11.8 Å². The van der Waals surface area contributed by atoms with E-state index >= 15 is 0 Å². The number of nitrogens with zero attached hydrogens (tertiary/aromatic N) is 2. The van der Waals surface area contributed by atoms with Gasteiger partial charge < -0.3 is 10.6 Å². The minimum absolute atomic E-state index is 0.0283. The van der Waals surface area contributed by atoms with E-state index in [1.54, 1.807) is 49.9 Å². The maximum absolute atomic E-state index is 12.4. The van der Waals surface area contributed by atoms with Crippen LogP contribution >= 0.6 is 23.5 Å². The Morgan fingerprint density at radius 1 is 1.00 bits per heavy atom. The zero-order valence-electron chi connectivity index (χ0n) is 20.4. The molecule has 0 bridgehead atoms. The van der Waals surface area contributed by atoms with Gasteiger partial charge in [0.1, 0.15) is 0 Å². The molecule has 10 nitrogen and oxygen atoms in total. The van der Waals surface area contributed by atoms with Crippen LogP contribution in [0.3, 0.4) is 0 Å². The second-order valence-corrected chi connectivity index (χ2v) is 11.0. The third kappa shape index (κ3) is 9.21. The molecule has 6 N–H and O–H groups in total. The number of rotatable bonds is 7. The van der Waals surface area contributed by atoms with Gasteiger partial charge in [-0.2, -0.15) is 0 Å². The lowest BCUT2D eigenvalue weighted by atomic mass is 10.0. The molecule has 0 aromatic carbocycles. The molecule has 1 saturated carbocycles. The number of carbonyl (C=O) groups excluding carboxylic acids is 2. The first-order valence-corrected chi connectivity index (χ1v) is 13.4. The lowest BCUT2D eigenvalue weighted by molar-refractivity contribution is -0.121. The minimum atomic E-state index is -0.456. The van der Waals surface area contributed by atoms with Gasteiger partial charge in [-0.05, 0) is 85.3 Å². The molecule has 0 saturated heterocycles. The second kappa shape index (κ2) is 13.8. The number of nitrogens with one attached hydrogen (secondary N) is 6. The SMILES string of the molecule is CC(C(=O)NC(=N)SC(=N)C1CCC(CC(=N)SC(=N)NC(=O)Cc2cccnc2)C1)c1cccnc1. The summed E-state index contributed by atoms with van der Waals surface area (Å²) in [5, 5.41) is 38.3. The van der Waals surface area contributed by atoms with Crippen molar-refractivity contribution in [3.05, 3.63) is 60.2 Å². The summed E-state index contributed by atoms with van der Waals surface area (Å²) in [4.78, 5) is 32.5. The molecule has 2 amide bonds. The highest BCUT2D eigenvalue weighted by Crippen LogP contribution is 2.37. The summed E-state index contributed by atoms with van der Waals surface area (Å²) in [6, 6.07) is 7.10. The van der Waals surface area contributed by atoms with Crippen LogP contribution in [-0.2, 0) is 16.0 Å². The quantitative estimate of drug-likeness (QED) is 0.227. The zero-order chi connectivity index (χ0) is 26.8. The van der Waals surface area contributed by atoms with Crippen molar-refractivity contribution in [2.24, 2.45) is 11.8 Å². The average molecular weight is 539 g/mol. The molecule has 0 aliphatic heterocycles. The molecule has 37 heavy (non-hydrogen) atoms. The molecular formula is C25H30N8O2S2. The molecule has 0 radical (unpaired) electrons. The summed E-state index contributed by atoms with van der Waals surface area (Å²) in [5.41, 5.74) is 1.51. The van der Waals surface area contributed by atoms with E-state index in [9.17, 15) is 9.59 Å². The summed E-state index contributed by atoms with van der Waals surface area (Å²) in [5.74, 6) is -0.933. The molecule has 12 heteroatoms. The van der Waals surface area contributed by atoms with Crippen LogP contribution in [0.4, 0.5) is 0 Å². The highest BCUT2D eigenvalue weighted by atomic mass is 32.2. The fraction of sp³-hybridized carbons (Fsp3) is 0.360. The Balaban J connectivity index is 1.36. The van der Waals surface area contributed by atoms with Gasteiger partial charge in [0.25, 0.3) is 0 Å². The average Bonchev–Trinajstić information content (AvgIpc) is 3.32. The van der Waals surface area contributed by atoms with Gasteiger partial charge in [0, 0.05) is 30.7 Å². The number of pyridine rings is 2. The van der Waals surface area contributed by atoms with Crippen molar-refractivity contribution in [3.63, 3.8) is 0 Å². The predicted octanol–water partition coefficient (Wildman–Crippen LogP) is 4.15. The van der Waals surface area contributed by atoms with E-state index in [1.165, 1.54) is 0 Å². The van der Waals surface area contributed by atoms with Crippen molar-refractivity contribution in [3.8, 4) is 0 Å². The third-order valence-corrected chi connectivity index (χ3v) is 7.56. The highest BCUT2D eigenvalue weighted by molar-refractivity contribution is 8.26. The van der Waals surface area contributed by atoms with Crippen LogP contribution in [0.15, 0.2) is 49.1 Å². The van der Waals surface area contributed by atoms with Crippen molar-refractivity contribution >= 4 is 55.8 Å². The van der Waals surface area contributed by atoms with Gasteiger partial charge in [-0.15, -0.1) is 0 Å². The largest absolute Gasteiger partial charge is 0.305 e. The number of aromatic nitrogens is 2. The summed E-state index contributed by atoms with van der Waals surface area (Å²) in [6.07, 6.45) is 9.40. The Kier molecular flexibility index (Phi) is 10.5. The Bertz CT molecular complexity index is 1160. The molecule has 3 atom stereocenters. The fourth-order valence-electron chi connectivity index (χ4n) is 4.03. The van der Waals surface area contributed by atoms with Crippen LogP contribution < -0.4 is 10.6 Å². The summed E-state index contributed by atoms with van der Waals surface area (Å²) in [6.45, 7) is 1.75. The molecule has 1 aliphatic carbocycles. The lowest BCUT2D eigenvalue weighted by Crippen LogP contribution is -2.32. The number of hydrogen-bond donors (Lipinski definition) is 6. The number of thioether (sulfide) groups is 2. The van der Waals surface area contributed by atoms with E-state index in [4.69, 9.17) is 21.6 Å². The molecule has 2 aromatic rings. The smallest absolute Gasteiger partial charge is 0.233 e. The molecular weight excluding hydrogens is 508 g/mol. The summed E-state index contributed by atoms with van der Waals surface area (Å²) < 4.78 is 0.